The minimum Gasteiger partial charge on any atom is -0.493 e. The Morgan fingerprint density at radius 3 is 2.85 bits per heavy atom. The zero-order valence-electron chi connectivity index (χ0n) is 12.7. The third-order valence-electron chi connectivity index (χ3n) is 4.66. The largest absolute Gasteiger partial charge is 0.493 e. The van der Waals surface area contributed by atoms with Gasteiger partial charge in [-0.05, 0) is 63.7 Å². The predicted molar refractivity (Wildman–Crippen MR) is 83.6 cm³/mol. The first-order valence-corrected chi connectivity index (χ1v) is 7.96. The fourth-order valence-electron chi connectivity index (χ4n) is 3.21. The normalized spacial score (nSPS) is 19.9. The number of anilines is 1. The number of fused-ring (bicyclic) bond motifs is 1. The molecule has 0 saturated carbocycles. The maximum Gasteiger partial charge on any atom is 0.121 e. The average Bonchev–Trinajstić information content (AvgIpc) is 2.93. The number of benzene rings is 1. The van der Waals surface area contributed by atoms with Gasteiger partial charge in [0.15, 0.2) is 0 Å². The lowest BCUT2D eigenvalue weighted by atomic mass is 9.97. The van der Waals surface area contributed by atoms with Crippen molar-refractivity contribution >= 4 is 5.69 Å². The number of hydrogen-bond acceptors (Lipinski definition) is 3. The molecule has 0 spiro atoms. The lowest BCUT2D eigenvalue weighted by molar-refractivity contribution is 0.119. The first-order chi connectivity index (χ1) is 9.72. The monoisotopic (exact) mass is 274 g/mol. The molecule has 2 aliphatic heterocycles. The second kappa shape index (κ2) is 6.04. The molecule has 2 aliphatic rings. The van der Waals surface area contributed by atoms with Crippen molar-refractivity contribution in [1.29, 1.82) is 0 Å². The highest BCUT2D eigenvalue weighted by atomic mass is 16.5. The Hall–Kier alpha value is -1.22. The number of nitrogens with zero attached hydrogens (tertiary/aromatic N) is 1. The molecule has 1 fully saturated rings. The summed E-state index contributed by atoms with van der Waals surface area (Å²) in [5, 5.41) is 3.41. The maximum absolute atomic E-state index is 6.01. The molecule has 1 aromatic rings. The van der Waals surface area contributed by atoms with E-state index in [0.717, 1.165) is 25.3 Å². The van der Waals surface area contributed by atoms with Crippen molar-refractivity contribution in [2.75, 3.05) is 31.6 Å². The van der Waals surface area contributed by atoms with Crippen molar-refractivity contribution in [3.63, 3.8) is 0 Å². The van der Waals surface area contributed by atoms with Crippen LogP contribution >= 0.6 is 0 Å². The Bertz CT molecular complexity index is 450. The highest BCUT2D eigenvalue weighted by molar-refractivity contribution is 5.58. The van der Waals surface area contributed by atoms with Crippen LogP contribution in [0.2, 0.25) is 0 Å². The average molecular weight is 274 g/mol. The summed E-state index contributed by atoms with van der Waals surface area (Å²) in [5.74, 6) is 1.73. The van der Waals surface area contributed by atoms with E-state index in [1.54, 1.807) is 0 Å². The summed E-state index contributed by atoms with van der Waals surface area (Å²) in [6.45, 7) is 8.94. The molecule has 0 aliphatic carbocycles. The van der Waals surface area contributed by atoms with Gasteiger partial charge in [0, 0.05) is 24.3 Å². The van der Waals surface area contributed by atoms with Gasteiger partial charge >= 0.3 is 0 Å². The molecule has 0 bridgehead atoms. The van der Waals surface area contributed by atoms with Crippen LogP contribution in [0.1, 0.15) is 32.3 Å². The second-order valence-electron chi connectivity index (χ2n) is 6.38. The molecule has 110 valence electrons. The van der Waals surface area contributed by atoms with Gasteiger partial charge in [-0.2, -0.15) is 0 Å². The topological polar surface area (TPSA) is 24.5 Å². The van der Waals surface area contributed by atoms with E-state index in [-0.39, 0.29) is 0 Å². The van der Waals surface area contributed by atoms with Crippen LogP contribution in [0.25, 0.3) is 0 Å². The van der Waals surface area contributed by atoms with E-state index >= 15 is 0 Å². The van der Waals surface area contributed by atoms with Gasteiger partial charge in [0.25, 0.3) is 0 Å². The second-order valence-corrected chi connectivity index (χ2v) is 6.38. The Balaban J connectivity index is 1.48. The van der Waals surface area contributed by atoms with Crippen LogP contribution in [0.15, 0.2) is 18.2 Å². The van der Waals surface area contributed by atoms with Gasteiger partial charge in [-0.3, -0.25) is 0 Å². The number of rotatable bonds is 4. The molecule has 0 aromatic heterocycles. The smallest absolute Gasteiger partial charge is 0.121 e. The minimum absolute atomic E-state index is 0.680. The standard InChI is InChI=1S/C17H26N2O/c1-13(2)19-9-6-14(7-10-19)12-20-16-4-3-15-5-8-18-17(15)11-16/h3-4,11,13-14,18H,5-10,12H2,1-2H3. The van der Waals surface area contributed by atoms with Gasteiger partial charge in [-0.1, -0.05) is 6.07 Å². The summed E-state index contributed by atoms with van der Waals surface area (Å²) in [6.07, 6.45) is 3.67. The van der Waals surface area contributed by atoms with Crippen LogP contribution in [0.3, 0.4) is 0 Å². The molecule has 3 rings (SSSR count). The Kier molecular flexibility index (Phi) is 4.16. The Labute approximate surface area is 122 Å². The molecule has 2 heterocycles. The Morgan fingerprint density at radius 2 is 2.10 bits per heavy atom. The lowest BCUT2D eigenvalue weighted by Gasteiger charge is -2.34. The SMILES string of the molecule is CC(C)N1CCC(COc2ccc3c(c2)NCC3)CC1. The van der Waals surface area contributed by atoms with Gasteiger partial charge in [0.05, 0.1) is 6.61 Å². The first-order valence-electron chi connectivity index (χ1n) is 7.96. The zero-order valence-corrected chi connectivity index (χ0v) is 12.7. The summed E-state index contributed by atoms with van der Waals surface area (Å²) in [4.78, 5) is 2.57. The van der Waals surface area contributed by atoms with E-state index in [9.17, 15) is 0 Å². The third kappa shape index (κ3) is 3.09. The minimum atomic E-state index is 0.680. The molecule has 0 radical (unpaired) electrons. The number of piperidine rings is 1. The van der Waals surface area contributed by atoms with Crippen LogP contribution < -0.4 is 10.1 Å². The highest BCUT2D eigenvalue weighted by Crippen LogP contribution is 2.28. The molecular formula is C17H26N2O. The van der Waals surface area contributed by atoms with Gasteiger partial charge in [-0.25, -0.2) is 0 Å². The zero-order chi connectivity index (χ0) is 13.9. The summed E-state index contributed by atoms with van der Waals surface area (Å²) in [7, 11) is 0. The summed E-state index contributed by atoms with van der Waals surface area (Å²) < 4.78 is 6.01. The van der Waals surface area contributed by atoms with Crippen LogP contribution in [0.4, 0.5) is 5.69 Å². The van der Waals surface area contributed by atoms with Crippen molar-refractivity contribution in [3.05, 3.63) is 23.8 Å². The van der Waals surface area contributed by atoms with E-state index in [1.807, 2.05) is 0 Å². The number of likely N-dealkylation sites (tertiary alicyclic amines) is 1. The van der Waals surface area contributed by atoms with Crippen molar-refractivity contribution in [2.45, 2.75) is 39.2 Å². The fourth-order valence-corrected chi connectivity index (χ4v) is 3.21. The van der Waals surface area contributed by atoms with E-state index in [1.165, 1.54) is 37.2 Å². The van der Waals surface area contributed by atoms with Crippen LogP contribution in [0, 0.1) is 5.92 Å². The van der Waals surface area contributed by atoms with Crippen molar-refractivity contribution in [3.8, 4) is 5.75 Å². The molecule has 20 heavy (non-hydrogen) atoms. The number of hydrogen-bond donors (Lipinski definition) is 1. The Morgan fingerprint density at radius 1 is 1.30 bits per heavy atom. The molecule has 0 atom stereocenters. The molecule has 1 N–H and O–H groups in total. The molecule has 1 aromatic carbocycles. The molecular weight excluding hydrogens is 248 g/mol. The van der Waals surface area contributed by atoms with Crippen LogP contribution in [-0.2, 0) is 6.42 Å². The third-order valence-corrected chi connectivity index (χ3v) is 4.66. The number of ether oxygens (including phenoxy) is 1. The van der Waals surface area contributed by atoms with Gasteiger partial charge in [0.2, 0.25) is 0 Å². The molecule has 3 nitrogen and oxygen atoms in total. The fraction of sp³-hybridized carbons (Fsp3) is 0.647. The quantitative estimate of drug-likeness (QED) is 0.913. The van der Waals surface area contributed by atoms with Gasteiger partial charge in [0.1, 0.15) is 5.75 Å². The maximum atomic E-state index is 6.01. The van der Waals surface area contributed by atoms with Crippen LogP contribution in [-0.4, -0.2) is 37.2 Å². The molecule has 0 unspecified atom stereocenters. The van der Waals surface area contributed by atoms with E-state index < -0.39 is 0 Å². The van der Waals surface area contributed by atoms with E-state index in [0.29, 0.717) is 12.0 Å². The summed E-state index contributed by atoms with van der Waals surface area (Å²) in [6, 6.07) is 7.16. The van der Waals surface area contributed by atoms with Gasteiger partial charge in [-0.15, -0.1) is 0 Å². The summed E-state index contributed by atoms with van der Waals surface area (Å²) in [5.41, 5.74) is 2.68. The van der Waals surface area contributed by atoms with Crippen LogP contribution in [0.5, 0.6) is 5.75 Å². The van der Waals surface area contributed by atoms with E-state index in [4.69, 9.17) is 4.74 Å². The van der Waals surface area contributed by atoms with Gasteiger partial charge < -0.3 is 15.0 Å². The first kappa shape index (κ1) is 13.7. The van der Waals surface area contributed by atoms with Crippen molar-refractivity contribution < 1.29 is 4.74 Å². The number of nitrogens with one attached hydrogen (secondary N) is 1. The highest BCUT2D eigenvalue weighted by Gasteiger charge is 2.21. The van der Waals surface area contributed by atoms with Crippen molar-refractivity contribution in [2.24, 2.45) is 5.92 Å². The van der Waals surface area contributed by atoms with E-state index in [2.05, 4.69) is 42.3 Å². The molecule has 1 saturated heterocycles. The van der Waals surface area contributed by atoms with Crippen molar-refractivity contribution in [1.82, 2.24) is 4.90 Å². The molecule has 0 amide bonds. The predicted octanol–water partition coefficient (Wildman–Crippen LogP) is 3.15. The summed E-state index contributed by atoms with van der Waals surface area (Å²) >= 11 is 0. The lowest BCUT2D eigenvalue weighted by Crippen LogP contribution is -2.39. The molecule has 3 heteroatoms.